The highest BCUT2D eigenvalue weighted by atomic mass is 16.3. The zero-order valence-corrected chi connectivity index (χ0v) is 10.2. The van der Waals surface area contributed by atoms with E-state index in [2.05, 4.69) is 6.07 Å². The number of nitrogens with zero attached hydrogens (tertiary/aromatic N) is 1. The monoisotopic (exact) mass is 248 g/mol. The Morgan fingerprint density at radius 2 is 1.79 bits per heavy atom. The molecule has 0 aliphatic carbocycles. The number of fused-ring (bicyclic) bond motifs is 1. The van der Waals surface area contributed by atoms with E-state index in [1.807, 2.05) is 42.5 Å². The minimum atomic E-state index is -0.319. The molecule has 1 unspecified atom stereocenters. The molecular weight excluding hydrogens is 236 g/mol. The maximum atomic E-state index is 8.78. The predicted octanol–water partition coefficient (Wildman–Crippen LogP) is 3.35. The van der Waals surface area contributed by atoms with Gasteiger partial charge in [-0.3, -0.25) is 0 Å². The van der Waals surface area contributed by atoms with Crippen LogP contribution in [0.5, 0.6) is 0 Å². The number of hydrogen-bond acceptors (Lipinski definition) is 3. The number of benzene rings is 2. The Hall–Kier alpha value is -2.57. The van der Waals surface area contributed by atoms with Crippen LogP contribution in [-0.2, 0) is 0 Å². The van der Waals surface area contributed by atoms with Gasteiger partial charge in [0.05, 0.1) is 17.7 Å². The first kappa shape index (κ1) is 11.5. The third-order valence-corrected chi connectivity index (χ3v) is 3.15. The van der Waals surface area contributed by atoms with Gasteiger partial charge in [-0.2, -0.15) is 5.26 Å². The first-order chi connectivity index (χ1) is 9.28. The average molecular weight is 248 g/mol. The Kier molecular flexibility index (Phi) is 2.79. The molecule has 0 aliphatic heterocycles. The van der Waals surface area contributed by atoms with E-state index in [0.29, 0.717) is 5.56 Å². The molecule has 0 spiro atoms. The largest absolute Gasteiger partial charge is 0.459 e. The molecule has 3 nitrogen and oxygen atoms in total. The first-order valence-corrected chi connectivity index (χ1v) is 6.02. The van der Waals surface area contributed by atoms with E-state index in [4.69, 9.17) is 15.4 Å². The molecule has 0 bridgehead atoms. The van der Waals surface area contributed by atoms with Crippen LogP contribution in [-0.4, -0.2) is 0 Å². The van der Waals surface area contributed by atoms with E-state index in [0.717, 1.165) is 22.3 Å². The summed E-state index contributed by atoms with van der Waals surface area (Å²) in [6.07, 6.45) is 0. The molecule has 0 radical (unpaired) electrons. The summed E-state index contributed by atoms with van der Waals surface area (Å²) >= 11 is 0. The van der Waals surface area contributed by atoms with Crippen molar-refractivity contribution in [3.8, 4) is 6.07 Å². The predicted molar refractivity (Wildman–Crippen MR) is 73.4 cm³/mol. The van der Waals surface area contributed by atoms with Crippen molar-refractivity contribution in [1.82, 2.24) is 0 Å². The van der Waals surface area contributed by atoms with Crippen molar-refractivity contribution in [2.24, 2.45) is 5.73 Å². The fraction of sp³-hybridized carbons (Fsp3) is 0.0625. The van der Waals surface area contributed by atoms with Gasteiger partial charge in [-0.15, -0.1) is 0 Å². The Balaban J connectivity index is 1.98. The summed E-state index contributed by atoms with van der Waals surface area (Å²) in [6, 6.07) is 18.8. The summed E-state index contributed by atoms with van der Waals surface area (Å²) in [5, 5.41) is 9.82. The summed E-state index contributed by atoms with van der Waals surface area (Å²) in [5.74, 6) is 0.728. The Bertz CT molecular complexity index is 717. The Morgan fingerprint density at radius 1 is 1.05 bits per heavy atom. The number of rotatable bonds is 2. The fourth-order valence-corrected chi connectivity index (χ4v) is 2.08. The SMILES string of the molecule is N#Cc1ccc(C(N)c2cc3ccccc3o2)cc1. The molecule has 0 aliphatic rings. The minimum Gasteiger partial charge on any atom is -0.459 e. The van der Waals surface area contributed by atoms with E-state index in [9.17, 15) is 0 Å². The van der Waals surface area contributed by atoms with Crippen LogP contribution in [0.4, 0.5) is 0 Å². The van der Waals surface area contributed by atoms with Crippen LogP contribution in [0.2, 0.25) is 0 Å². The smallest absolute Gasteiger partial charge is 0.134 e. The highest BCUT2D eigenvalue weighted by molar-refractivity contribution is 5.77. The van der Waals surface area contributed by atoms with Crippen molar-refractivity contribution in [3.63, 3.8) is 0 Å². The van der Waals surface area contributed by atoms with Crippen molar-refractivity contribution in [3.05, 3.63) is 71.5 Å². The van der Waals surface area contributed by atoms with Crippen molar-refractivity contribution >= 4 is 11.0 Å². The second-order valence-corrected chi connectivity index (χ2v) is 4.40. The van der Waals surface area contributed by atoms with Gasteiger partial charge in [0.1, 0.15) is 11.3 Å². The highest BCUT2D eigenvalue weighted by Gasteiger charge is 2.13. The van der Waals surface area contributed by atoms with Crippen LogP contribution < -0.4 is 5.73 Å². The standard InChI is InChI=1S/C16H12N2O/c17-10-11-5-7-12(8-6-11)16(18)15-9-13-3-1-2-4-14(13)19-15/h1-9,16H,18H2. The van der Waals surface area contributed by atoms with E-state index in [1.54, 1.807) is 12.1 Å². The Morgan fingerprint density at radius 3 is 2.47 bits per heavy atom. The number of furan rings is 1. The summed E-state index contributed by atoms with van der Waals surface area (Å²) in [5.41, 5.74) is 8.58. The van der Waals surface area contributed by atoms with Crippen molar-refractivity contribution in [1.29, 1.82) is 5.26 Å². The van der Waals surface area contributed by atoms with Gasteiger partial charge in [0, 0.05) is 5.39 Å². The van der Waals surface area contributed by atoms with Gasteiger partial charge in [-0.25, -0.2) is 0 Å². The van der Waals surface area contributed by atoms with Crippen LogP contribution in [0.1, 0.15) is 22.9 Å². The van der Waals surface area contributed by atoms with E-state index < -0.39 is 0 Å². The van der Waals surface area contributed by atoms with Crippen LogP contribution in [0.25, 0.3) is 11.0 Å². The van der Waals surface area contributed by atoms with Gasteiger partial charge in [0.25, 0.3) is 0 Å². The van der Waals surface area contributed by atoms with Crippen LogP contribution in [0, 0.1) is 11.3 Å². The van der Waals surface area contributed by atoms with Crippen molar-refractivity contribution in [2.75, 3.05) is 0 Å². The fourth-order valence-electron chi connectivity index (χ4n) is 2.08. The van der Waals surface area contributed by atoms with E-state index in [-0.39, 0.29) is 6.04 Å². The number of hydrogen-bond donors (Lipinski definition) is 1. The molecule has 0 fully saturated rings. The number of para-hydroxylation sites is 1. The van der Waals surface area contributed by atoms with Crippen LogP contribution >= 0.6 is 0 Å². The molecule has 3 aromatic rings. The molecule has 3 heteroatoms. The third-order valence-electron chi connectivity index (χ3n) is 3.15. The van der Waals surface area contributed by atoms with Gasteiger partial charge < -0.3 is 10.2 Å². The van der Waals surface area contributed by atoms with Gasteiger partial charge >= 0.3 is 0 Å². The zero-order valence-electron chi connectivity index (χ0n) is 10.2. The van der Waals surface area contributed by atoms with Crippen molar-refractivity contribution < 1.29 is 4.42 Å². The van der Waals surface area contributed by atoms with Gasteiger partial charge in [0.15, 0.2) is 0 Å². The van der Waals surface area contributed by atoms with Crippen LogP contribution in [0.3, 0.4) is 0 Å². The lowest BCUT2D eigenvalue weighted by Crippen LogP contribution is -2.10. The lowest BCUT2D eigenvalue weighted by atomic mass is 10.0. The molecule has 0 amide bonds. The molecular formula is C16H12N2O. The second kappa shape index (κ2) is 4.60. The Labute approximate surface area is 110 Å². The van der Waals surface area contributed by atoms with Crippen molar-refractivity contribution in [2.45, 2.75) is 6.04 Å². The van der Waals surface area contributed by atoms with Crippen LogP contribution in [0.15, 0.2) is 59.0 Å². The first-order valence-electron chi connectivity index (χ1n) is 6.02. The molecule has 19 heavy (non-hydrogen) atoms. The molecule has 1 atom stereocenters. The second-order valence-electron chi connectivity index (χ2n) is 4.40. The third kappa shape index (κ3) is 2.10. The van der Waals surface area contributed by atoms with Gasteiger partial charge in [-0.1, -0.05) is 30.3 Å². The molecule has 1 heterocycles. The molecule has 0 saturated carbocycles. The summed E-state index contributed by atoms with van der Waals surface area (Å²) in [7, 11) is 0. The minimum absolute atomic E-state index is 0.319. The molecule has 1 aromatic heterocycles. The summed E-state index contributed by atoms with van der Waals surface area (Å²) in [6.45, 7) is 0. The normalized spacial score (nSPS) is 12.2. The summed E-state index contributed by atoms with van der Waals surface area (Å²) in [4.78, 5) is 0. The average Bonchev–Trinajstić information content (AvgIpc) is 2.90. The number of nitrogens with two attached hydrogens (primary N) is 1. The molecule has 2 N–H and O–H groups in total. The molecule has 0 saturated heterocycles. The highest BCUT2D eigenvalue weighted by Crippen LogP contribution is 2.26. The van der Waals surface area contributed by atoms with Gasteiger partial charge in [-0.05, 0) is 29.8 Å². The lowest BCUT2D eigenvalue weighted by molar-refractivity contribution is 0.525. The maximum Gasteiger partial charge on any atom is 0.134 e. The molecule has 3 rings (SSSR count). The summed E-state index contributed by atoms with van der Waals surface area (Å²) < 4.78 is 5.75. The quantitative estimate of drug-likeness (QED) is 0.756. The lowest BCUT2D eigenvalue weighted by Gasteiger charge is -2.08. The maximum absolute atomic E-state index is 8.78. The topological polar surface area (TPSA) is 63.0 Å². The van der Waals surface area contributed by atoms with Gasteiger partial charge in [0.2, 0.25) is 0 Å². The van der Waals surface area contributed by atoms with E-state index >= 15 is 0 Å². The number of nitriles is 1. The molecule has 92 valence electrons. The van der Waals surface area contributed by atoms with E-state index in [1.165, 1.54) is 0 Å². The zero-order chi connectivity index (χ0) is 13.2. The molecule has 2 aromatic carbocycles.